The standard InChI is InChI=1S/C16H24N2/c1-12(13-6-4-3-5-7-13)17-14-10-15-8-9-16(11-14)18(15)2/h3-7,12,14-17H,8-11H2,1-2H3/t12-,14?,15?,16?/m0/s1. The summed E-state index contributed by atoms with van der Waals surface area (Å²) in [7, 11) is 2.30. The molecule has 0 aromatic heterocycles. The van der Waals surface area contributed by atoms with Crippen molar-refractivity contribution in [2.45, 2.75) is 56.8 Å². The molecule has 0 saturated carbocycles. The van der Waals surface area contributed by atoms with Crippen molar-refractivity contribution in [1.29, 1.82) is 0 Å². The molecule has 2 saturated heterocycles. The van der Waals surface area contributed by atoms with E-state index in [9.17, 15) is 0 Å². The van der Waals surface area contributed by atoms with E-state index in [0.29, 0.717) is 12.1 Å². The number of benzene rings is 1. The van der Waals surface area contributed by atoms with Crippen molar-refractivity contribution in [3.8, 4) is 0 Å². The summed E-state index contributed by atoms with van der Waals surface area (Å²) in [5.41, 5.74) is 1.41. The Balaban J connectivity index is 1.61. The average molecular weight is 244 g/mol. The van der Waals surface area contributed by atoms with Crippen LogP contribution in [0.2, 0.25) is 0 Å². The molecule has 98 valence electrons. The van der Waals surface area contributed by atoms with E-state index in [1.165, 1.54) is 31.2 Å². The Morgan fingerprint density at radius 3 is 2.33 bits per heavy atom. The maximum atomic E-state index is 3.83. The molecule has 0 spiro atoms. The van der Waals surface area contributed by atoms with Crippen LogP contribution in [0.1, 0.15) is 44.2 Å². The molecule has 0 aliphatic carbocycles. The van der Waals surface area contributed by atoms with Crippen molar-refractivity contribution in [3.05, 3.63) is 35.9 Å². The Morgan fingerprint density at radius 2 is 1.72 bits per heavy atom. The SMILES string of the molecule is C[C@H](NC1CC2CCC(C1)N2C)c1ccccc1. The van der Waals surface area contributed by atoms with Crippen molar-refractivity contribution in [2.75, 3.05) is 7.05 Å². The summed E-state index contributed by atoms with van der Waals surface area (Å²) in [5.74, 6) is 0. The molecule has 2 heterocycles. The number of fused-ring (bicyclic) bond motifs is 2. The minimum absolute atomic E-state index is 0.471. The summed E-state index contributed by atoms with van der Waals surface area (Å²) in [4.78, 5) is 2.60. The summed E-state index contributed by atoms with van der Waals surface area (Å²) in [6.45, 7) is 2.29. The van der Waals surface area contributed by atoms with Crippen molar-refractivity contribution in [1.82, 2.24) is 10.2 Å². The lowest BCUT2D eigenvalue weighted by atomic mass is 9.96. The van der Waals surface area contributed by atoms with Crippen LogP contribution in [0.5, 0.6) is 0 Å². The highest BCUT2D eigenvalue weighted by Crippen LogP contribution is 2.34. The van der Waals surface area contributed by atoms with Gasteiger partial charge in [0.15, 0.2) is 0 Å². The molecular weight excluding hydrogens is 220 g/mol. The number of nitrogens with zero attached hydrogens (tertiary/aromatic N) is 1. The molecular formula is C16H24N2. The van der Waals surface area contributed by atoms with Crippen LogP contribution in [0.3, 0.4) is 0 Å². The topological polar surface area (TPSA) is 15.3 Å². The van der Waals surface area contributed by atoms with Crippen molar-refractivity contribution in [2.24, 2.45) is 0 Å². The third-order valence-corrected chi connectivity index (χ3v) is 4.88. The van der Waals surface area contributed by atoms with Crippen LogP contribution in [0.4, 0.5) is 0 Å². The molecule has 2 bridgehead atoms. The van der Waals surface area contributed by atoms with Gasteiger partial charge in [-0.15, -0.1) is 0 Å². The molecule has 1 aromatic rings. The second-order valence-electron chi connectivity index (χ2n) is 6.02. The summed E-state index contributed by atoms with van der Waals surface area (Å²) >= 11 is 0. The van der Waals surface area contributed by atoms with E-state index in [-0.39, 0.29) is 0 Å². The van der Waals surface area contributed by atoms with E-state index in [1.807, 2.05) is 0 Å². The highest BCUT2D eigenvalue weighted by Gasteiger charge is 2.38. The smallest absolute Gasteiger partial charge is 0.0294 e. The van der Waals surface area contributed by atoms with E-state index in [2.05, 4.69) is 54.5 Å². The van der Waals surface area contributed by atoms with Crippen molar-refractivity contribution < 1.29 is 0 Å². The normalized spacial score (nSPS) is 33.6. The van der Waals surface area contributed by atoms with Gasteiger partial charge < -0.3 is 10.2 Å². The third-order valence-electron chi connectivity index (χ3n) is 4.88. The molecule has 2 heteroatoms. The van der Waals surface area contributed by atoms with Gasteiger partial charge in [0, 0.05) is 24.2 Å². The third kappa shape index (κ3) is 2.32. The molecule has 2 unspecified atom stereocenters. The molecule has 2 nitrogen and oxygen atoms in total. The van der Waals surface area contributed by atoms with Crippen molar-refractivity contribution >= 4 is 0 Å². The zero-order chi connectivity index (χ0) is 12.5. The van der Waals surface area contributed by atoms with Crippen LogP contribution in [0.25, 0.3) is 0 Å². The molecule has 3 rings (SSSR count). The molecule has 2 fully saturated rings. The first-order valence-electron chi connectivity index (χ1n) is 7.27. The van der Waals surface area contributed by atoms with Crippen LogP contribution >= 0.6 is 0 Å². The average Bonchev–Trinajstić information content (AvgIpc) is 2.63. The first-order chi connectivity index (χ1) is 8.74. The van der Waals surface area contributed by atoms with Gasteiger partial charge in [0.05, 0.1) is 0 Å². The number of piperidine rings is 1. The lowest BCUT2D eigenvalue weighted by Crippen LogP contribution is -2.47. The van der Waals surface area contributed by atoms with Gasteiger partial charge in [-0.25, -0.2) is 0 Å². The first kappa shape index (κ1) is 12.2. The second kappa shape index (κ2) is 5.02. The van der Waals surface area contributed by atoms with Gasteiger partial charge in [0.1, 0.15) is 0 Å². The molecule has 0 amide bonds. The number of nitrogens with one attached hydrogen (secondary N) is 1. The van der Waals surface area contributed by atoms with E-state index in [4.69, 9.17) is 0 Å². The first-order valence-corrected chi connectivity index (χ1v) is 7.27. The van der Waals surface area contributed by atoms with Gasteiger partial charge >= 0.3 is 0 Å². The molecule has 1 aromatic carbocycles. The van der Waals surface area contributed by atoms with Gasteiger partial charge in [-0.05, 0) is 45.2 Å². The Labute approximate surface area is 110 Å². The summed E-state index contributed by atoms with van der Waals surface area (Å²) in [6, 6.07) is 13.6. The monoisotopic (exact) mass is 244 g/mol. The highest BCUT2D eigenvalue weighted by molar-refractivity contribution is 5.18. The molecule has 2 aliphatic rings. The van der Waals surface area contributed by atoms with Crippen LogP contribution < -0.4 is 5.32 Å². The number of rotatable bonds is 3. The summed E-state index contributed by atoms with van der Waals surface area (Å²) in [6.07, 6.45) is 5.45. The maximum absolute atomic E-state index is 3.83. The van der Waals surface area contributed by atoms with Gasteiger partial charge in [-0.2, -0.15) is 0 Å². The molecule has 0 radical (unpaired) electrons. The van der Waals surface area contributed by atoms with Gasteiger partial charge in [-0.3, -0.25) is 0 Å². The molecule has 2 aliphatic heterocycles. The van der Waals surface area contributed by atoms with Crippen molar-refractivity contribution in [3.63, 3.8) is 0 Å². The van der Waals surface area contributed by atoms with Crippen LogP contribution in [-0.2, 0) is 0 Å². The summed E-state index contributed by atoms with van der Waals surface area (Å²) in [5, 5.41) is 3.83. The Morgan fingerprint density at radius 1 is 1.11 bits per heavy atom. The highest BCUT2D eigenvalue weighted by atomic mass is 15.2. The predicted molar refractivity (Wildman–Crippen MR) is 75.6 cm³/mol. The Bertz CT molecular complexity index is 375. The lowest BCUT2D eigenvalue weighted by molar-refractivity contribution is 0.144. The fraction of sp³-hybridized carbons (Fsp3) is 0.625. The zero-order valence-corrected chi connectivity index (χ0v) is 11.5. The van der Waals surface area contributed by atoms with E-state index >= 15 is 0 Å². The van der Waals surface area contributed by atoms with Crippen LogP contribution in [0.15, 0.2) is 30.3 Å². The lowest BCUT2D eigenvalue weighted by Gasteiger charge is -2.38. The van der Waals surface area contributed by atoms with Gasteiger partial charge in [-0.1, -0.05) is 30.3 Å². The Hall–Kier alpha value is -0.860. The zero-order valence-electron chi connectivity index (χ0n) is 11.5. The molecule has 1 N–H and O–H groups in total. The van der Waals surface area contributed by atoms with Crippen LogP contribution in [-0.4, -0.2) is 30.1 Å². The van der Waals surface area contributed by atoms with Gasteiger partial charge in [0.25, 0.3) is 0 Å². The van der Waals surface area contributed by atoms with E-state index < -0.39 is 0 Å². The predicted octanol–water partition coefficient (Wildman–Crippen LogP) is 2.96. The van der Waals surface area contributed by atoms with E-state index in [1.54, 1.807) is 0 Å². The largest absolute Gasteiger partial charge is 0.307 e. The Kier molecular flexibility index (Phi) is 3.40. The number of hydrogen-bond acceptors (Lipinski definition) is 2. The minimum Gasteiger partial charge on any atom is -0.307 e. The fourth-order valence-corrected chi connectivity index (χ4v) is 3.74. The quantitative estimate of drug-likeness (QED) is 0.879. The maximum Gasteiger partial charge on any atom is 0.0294 e. The minimum atomic E-state index is 0.471. The van der Waals surface area contributed by atoms with Gasteiger partial charge in [0.2, 0.25) is 0 Å². The van der Waals surface area contributed by atoms with E-state index in [0.717, 1.165) is 12.1 Å². The summed E-state index contributed by atoms with van der Waals surface area (Å²) < 4.78 is 0. The van der Waals surface area contributed by atoms with Crippen LogP contribution in [0, 0.1) is 0 Å². The number of hydrogen-bond donors (Lipinski definition) is 1. The fourth-order valence-electron chi connectivity index (χ4n) is 3.74. The molecule has 18 heavy (non-hydrogen) atoms. The second-order valence-corrected chi connectivity index (χ2v) is 6.02. The molecule has 3 atom stereocenters.